The summed E-state index contributed by atoms with van der Waals surface area (Å²) in [4.78, 5) is 24.7. The molecule has 0 amide bonds. The van der Waals surface area contributed by atoms with Crippen molar-refractivity contribution in [3.05, 3.63) is 64.0 Å². The monoisotopic (exact) mass is 416 g/mol. The Morgan fingerprint density at radius 3 is 2.62 bits per heavy atom. The number of para-hydroxylation sites is 1. The van der Waals surface area contributed by atoms with Gasteiger partial charge in [0.2, 0.25) is 11.2 Å². The minimum atomic E-state index is -0.795. The number of hydrogen-bond acceptors (Lipinski definition) is 6. The fourth-order valence-corrected chi connectivity index (χ4v) is 2.68. The van der Waals surface area contributed by atoms with Gasteiger partial charge in [-0.1, -0.05) is 30.7 Å². The van der Waals surface area contributed by atoms with Gasteiger partial charge >= 0.3 is 5.97 Å². The lowest BCUT2D eigenvalue weighted by atomic mass is 10.2. The number of ether oxygens (including phenoxy) is 3. The summed E-state index contributed by atoms with van der Waals surface area (Å²) in [6, 6.07) is 11.5. The van der Waals surface area contributed by atoms with E-state index >= 15 is 0 Å². The molecule has 0 unspecified atom stereocenters. The molecule has 2 atom stereocenters. The maximum atomic E-state index is 12.7. The highest BCUT2D eigenvalue weighted by atomic mass is 35.5. The number of fused-ring (bicyclic) bond motifs is 1. The van der Waals surface area contributed by atoms with Crippen LogP contribution in [0.1, 0.15) is 27.2 Å². The van der Waals surface area contributed by atoms with E-state index in [1.807, 2.05) is 13.8 Å². The van der Waals surface area contributed by atoms with Crippen LogP contribution in [0.5, 0.6) is 17.2 Å². The largest absolute Gasteiger partial charge is 0.479 e. The summed E-state index contributed by atoms with van der Waals surface area (Å²) in [7, 11) is 0. The number of rotatable bonds is 7. The van der Waals surface area contributed by atoms with Gasteiger partial charge in [0, 0.05) is 6.07 Å². The van der Waals surface area contributed by atoms with Crippen LogP contribution < -0.4 is 14.9 Å². The first kappa shape index (κ1) is 20.7. The molecule has 0 bridgehead atoms. The fraction of sp³-hybridized carbons (Fsp3) is 0.273. The molecule has 3 aromatic rings. The van der Waals surface area contributed by atoms with Gasteiger partial charge in [0.25, 0.3) is 0 Å². The molecule has 0 saturated heterocycles. The van der Waals surface area contributed by atoms with Crippen LogP contribution in [0.3, 0.4) is 0 Å². The van der Waals surface area contributed by atoms with E-state index in [-0.39, 0.29) is 17.3 Å². The molecule has 0 aliphatic rings. The maximum absolute atomic E-state index is 12.7. The lowest BCUT2D eigenvalue weighted by molar-refractivity contribution is -0.155. The molecule has 0 fully saturated rings. The van der Waals surface area contributed by atoms with Crippen molar-refractivity contribution in [2.75, 3.05) is 0 Å². The highest BCUT2D eigenvalue weighted by Gasteiger charge is 2.19. The second-order valence-corrected chi connectivity index (χ2v) is 6.94. The van der Waals surface area contributed by atoms with Crippen molar-refractivity contribution in [2.45, 2.75) is 39.4 Å². The van der Waals surface area contributed by atoms with Crippen molar-refractivity contribution in [2.24, 2.45) is 0 Å². The Morgan fingerprint density at radius 2 is 1.90 bits per heavy atom. The average Bonchev–Trinajstić information content (AvgIpc) is 2.71. The summed E-state index contributed by atoms with van der Waals surface area (Å²) < 4.78 is 22.0. The first-order chi connectivity index (χ1) is 13.9. The van der Waals surface area contributed by atoms with Gasteiger partial charge in [-0.25, -0.2) is 4.79 Å². The third-order valence-corrected chi connectivity index (χ3v) is 4.62. The Kier molecular flexibility index (Phi) is 6.44. The summed E-state index contributed by atoms with van der Waals surface area (Å²) in [5.74, 6) is 0.303. The summed E-state index contributed by atoms with van der Waals surface area (Å²) in [5.41, 5.74) is -0.0385. The first-order valence-corrected chi connectivity index (χ1v) is 9.62. The number of carbonyl (C=O) groups is 1. The van der Waals surface area contributed by atoms with E-state index in [9.17, 15) is 9.59 Å². The van der Waals surface area contributed by atoms with E-state index in [1.165, 1.54) is 6.26 Å². The van der Waals surface area contributed by atoms with Crippen molar-refractivity contribution in [1.82, 2.24) is 0 Å². The SMILES string of the molecule is CC[C@@H](C)OC(=O)[C@H](C)Oc1ccc2c(=O)c(Oc3ccccc3Cl)coc2c1. The number of halogens is 1. The van der Waals surface area contributed by atoms with E-state index in [4.69, 9.17) is 30.2 Å². The van der Waals surface area contributed by atoms with Crippen molar-refractivity contribution < 1.29 is 23.4 Å². The Labute approximate surface area is 172 Å². The molecule has 6 nitrogen and oxygen atoms in total. The van der Waals surface area contributed by atoms with E-state index in [0.29, 0.717) is 27.5 Å². The number of hydrogen-bond donors (Lipinski definition) is 0. The summed E-state index contributed by atoms with van der Waals surface area (Å²) >= 11 is 6.07. The molecule has 1 heterocycles. The minimum absolute atomic E-state index is 0.0183. The quantitative estimate of drug-likeness (QED) is 0.483. The van der Waals surface area contributed by atoms with Crippen LogP contribution in [-0.2, 0) is 9.53 Å². The van der Waals surface area contributed by atoms with Crippen LogP contribution in [0.4, 0.5) is 0 Å². The predicted molar refractivity (Wildman–Crippen MR) is 110 cm³/mol. The first-order valence-electron chi connectivity index (χ1n) is 9.24. The van der Waals surface area contributed by atoms with Crippen LogP contribution in [0.15, 0.2) is 57.9 Å². The molecule has 0 N–H and O–H groups in total. The Bertz CT molecular complexity index is 1070. The van der Waals surface area contributed by atoms with Crippen molar-refractivity contribution >= 4 is 28.5 Å². The van der Waals surface area contributed by atoms with Crippen LogP contribution in [0.2, 0.25) is 5.02 Å². The third-order valence-electron chi connectivity index (χ3n) is 4.31. The second kappa shape index (κ2) is 9.01. The van der Waals surface area contributed by atoms with E-state index in [2.05, 4.69) is 0 Å². The molecule has 0 aliphatic carbocycles. The molecule has 0 radical (unpaired) electrons. The second-order valence-electron chi connectivity index (χ2n) is 6.54. The Morgan fingerprint density at radius 1 is 1.14 bits per heavy atom. The van der Waals surface area contributed by atoms with Crippen LogP contribution >= 0.6 is 11.6 Å². The van der Waals surface area contributed by atoms with Gasteiger partial charge in [-0.15, -0.1) is 0 Å². The molecule has 7 heteroatoms. The lowest BCUT2D eigenvalue weighted by Crippen LogP contribution is -2.29. The van der Waals surface area contributed by atoms with Crippen LogP contribution in [0, 0.1) is 0 Å². The molecule has 152 valence electrons. The standard InChI is InChI=1S/C22H21ClO6/c1-4-13(2)27-22(25)14(3)28-15-9-10-16-19(11-15)26-12-20(21(16)24)29-18-8-6-5-7-17(18)23/h5-14H,4H2,1-3H3/t13-,14+/m1/s1. The molecular weight excluding hydrogens is 396 g/mol. The number of benzene rings is 2. The smallest absolute Gasteiger partial charge is 0.347 e. The topological polar surface area (TPSA) is 75.0 Å². The molecule has 0 aliphatic heterocycles. The van der Waals surface area contributed by atoms with Gasteiger partial charge in [0.1, 0.15) is 23.3 Å². The molecule has 0 spiro atoms. The van der Waals surface area contributed by atoms with Gasteiger partial charge in [0.15, 0.2) is 6.10 Å². The lowest BCUT2D eigenvalue weighted by Gasteiger charge is -2.17. The van der Waals surface area contributed by atoms with E-state index < -0.39 is 12.1 Å². The van der Waals surface area contributed by atoms with Crippen LogP contribution in [0.25, 0.3) is 11.0 Å². The molecular formula is C22H21ClO6. The highest BCUT2D eigenvalue weighted by molar-refractivity contribution is 6.32. The Hall–Kier alpha value is -2.99. The maximum Gasteiger partial charge on any atom is 0.347 e. The van der Waals surface area contributed by atoms with Crippen molar-refractivity contribution in [3.8, 4) is 17.2 Å². The zero-order valence-electron chi connectivity index (χ0n) is 16.3. The molecule has 2 aromatic carbocycles. The van der Waals surface area contributed by atoms with Gasteiger partial charge < -0.3 is 18.6 Å². The van der Waals surface area contributed by atoms with Crippen molar-refractivity contribution in [1.29, 1.82) is 0 Å². The van der Waals surface area contributed by atoms with Gasteiger partial charge in [0.05, 0.1) is 16.5 Å². The minimum Gasteiger partial charge on any atom is -0.479 e. The summed E-state index contributed by atoms with van der Waals surface area (Å²) in [6.07, 6.45) is 0.965. The van der Waals surface area contributed by atoms with E-state index in [0.717, 1.165) is 6.42 Å². The Balaban J connectivity index is 1.80. The normalized spacial score (nSPS) is 13.0. The van der Waals surface area contributed by atoms with Crippen LogP contribution in [-0.4, -0.2) is 18.2 Å². The molecule has 0 saturated carbocycles. The van der Waals surface area contributed by atoms with Crippen molar-refractivity contribution in [3.63, 3.8) is 0 Å². The predicted octanol–water partition coefficient (Wildman–Crippen LogP) is 5.35. The summed E-state index contributed by atoms with van der Waals surface area (Å²) in [5, 5.41) is 0.700. The zero-order valence-corrected chi connectivity index (χ0v) is 17.1. The summed E-state index contributed by atoms with van der Waals surface area (Å²) in [6.45, 7) is 5.35. The van der Waals surface area contributed by atoms with Gasteiger partial charge in [-0.05, 0) is 44.5 Å². The molecule has 3 rings (SSSR count). The third kappa shape index (κ3) is 4.90. The molecule has 29 heavy (non-hydrogen) atoms. The number of carbonyl (C=O) groups excluding carboxylic acids is 1. The van der Waals surface area contributed by atoms with Gasteiger partial charge in [-0.3, -0.25) is 4.79 Å². The average molecular weight is 417 g/mol. The number of esters is 1. The molecule has 1 aromatic heterocycles. The highest BCUT2D eigenvalue weighted by Crippen LogP contribution is 2.29. The zero-order chi connectivity index (χ0) is 21.0. The van der Waals surface area contributed by atoms with Gasteiger partial charge in [-0.2, -0.15) is 0 Å². The van der Waals surface area contributed by atoms with E-state index in [1.54, 1.807) is 49.4 Å². The fourth-order valence-electron chi connectivity index (χ4n) is 2.51.